The van der Waals surface area contributed by atoms with Crippen molar-refractivity contribution < 1.29 is 19.1 Å². The number of amides is 2. The number of nitrogens with one attached hydrogen (secondary N) is 2. The van der Waals surface area contributed by atoms with Gasteiger partial charge in [-0.25, -0.2) is 4.79 Å². The normalized spacial score (nSPS) is 16.0. The van der Waals surface area contributed by atoms with Gasteiger partial charge in [-0.05, 0) is 58.6 Å². The molecule has 2 aromatic carbocycles. The maximum absolute atomic E-state index is 12.5. The van der Waals surface area contributed by atoms with Crippen LogP contribution in [0.4, 0.5) is 5.69 Å². The molecule has 6 nitrogen and oxygen atoms in total. The number of hydrogen-bond acceptors (Lipinski definition) is 4. The highest BCUT2D eigenvalue weighted by molar-refractivity contribution is 6.39. The minimum absolute atomic E-state index is 0.00540. The van der Waals surface area contributed by atoms with Crippen LogP contribution in [-0.4, -0.2) is 24.9 Å². The molecule has 6 heteroatoms. The Bertz CT molecular complexity index is 1020. The van der Waals surface area contributed by atoms with Gasteiger partial charge in [-0.2, -0.15) is 0 Å². The van der Waals surface area contributed by atoms with Gasteiger partial charge >= 0.3 is 17.8 Å². The van der Waals surface area contributed by atoms with Crippen LogP contribution in [0.25, 0.3) is 0 Å². The van der Waals surface area contributed by atoms with Crippen molar-refractivity contribution in [2.75, 3.05) is 12.4 Å². The van der Waals surface area contributed by atoms with Gasteiger partial charge < -0.3 is 15.4 Å². The molecule has 0 spiro atoms. The van der Waals surface area contributed by atoms with E-state index in [-0.39, 0.29) is 17.4 Å². The molecule has 3 rings (SSSR count). The van der Waals surface area contributed by atoms with E-state index in [1.165, 1.54) is 18.2 Å². The van der Waals surface area contributed by atoms with E-state index in [1.807, 2.05) is 12.1 Å². The summed E-state index contributed by atoms with van der Waals surface area (Å²) >= 11 is 0. The fourth-order valence-corrected chi connectivity index (χ4v) is 4.09. The van der Waals surface area contributed by atoms with Crippen molar-refractivity contribution in [3.63, 3.8) is 0 Å². The molecule has 2 amide bonds. The predicted octanol–water partition coefficient (Wildman–Crippen LogP) is 4.08. The van der Waals surface area contributed by atoms with E-state index in [2.05, 4.69) is 44.4 Å². The second kappa shape index (κ2) is 8.53. The molecule has 0 saturated heterocycles. The molecular formula is C25H30N2O4. The number of ether oxygens (including phenoxy) is 1. The number of carbonyl (C=O) groups excluding carboxylic acids is 3. The molecule has 0 heterocycles. The molecule has 0 unspecified atom stereocenters. The lowest BCUT2D eigenvalue weighted by atomic mass is 9.63. The summed E-state index contributed by atoms with van der Waals surface area (Å²) < 4.78 is 4.76. The van der Waals surface area contributed by atoms with Crippen LogP contribution >= 0.6 is 0 Å². The van der Waals surface area contributed by atoms with Crippen LogP contribution in [0, 0.1) is 0 Å². The minimum atomic E-state index is -0.767. The quantitative estimate of drug-likeness (QED) is 0.574. The Morgan fingerprint density at radius 2 is 1.55 bits per heavy atom. The topological polar surface area (TPSA) is 84.5 Å². The zero-order valence-electron chi connectivity index (χ0n) is 18.8. The standard InChI is InChI=1S/C25H30N2O4/c1-24(2)12-13-25(3,4)20-14-17(10-11-19(20)24)27-22(29)21(28)26-15-16-8-6-7-9-18(16)23(30)31-5/h6-11,14H,12-13,15H2,1-5H3,(H,26,28)(H,27,29). The number of anilines is 1. The van der Waals surface area contributed by atoms with Crippen molar-refractivity contribution in [1.29, 1.82) is 0 Å². The summed E-state index contributed by atoms with van der Waals surface area (Å²) in [4.78, 5) is 36.7. The first-order chi connectivity index (χ1) is 14.5. The van der Waals surface area contributed by atoms with Gasteiger partial charge in [-0.15, -0.1) is 0 Å². The largest absolute Gasteiger partial charge is 0.465 e. The van der Waals surface area contributed by atoms with E-state index < -0.39 is 17.8 Å². The molecule has 0 fully saturated rings. The van der Waals surface area contributed by atoms with Gasteiger partial charge in [-0.3, -0.25) is 9.59 Å². The van der Waals surface area contributed by atoms with E-state index in [9.17, 15) is 14.4 Å². The van der Waals surface area contributed by atoms with Gasteiger partial charge in [-0.1, -0.05) is 52.0 Å². The third kappa shape index (κ3) is 4.79. The monoisotopic (exact) mass is 422 g/mol. The molecule has 31 heavy (non-hydrogen) atoms. The van der Waals surface area contributed by atoms with Crippen molar-refractivity contribution in [2.24, 2.45) is 0 Å². The minimum Gasteiger partial charge on any atom is -0.465 e. The average molecular weight is 423 g/mol. The van der Waals surface area contributed by atoms with Crippen LogP contribution in [-0.2, 0) is 31.7 Å². The summed E-state index contributed by atoms with van der Waals surface area (Å²) in [5.41, 5.74) is 4.10. The van der Waals surface area contributed by atoms with E-state index in [0.29, 0.717) is 16.8 Å². The predicted molar refractivity (Wildman–Crippen MR) is 120 cm³/mol. The molecule has 164 valence electrons. The van der Waals surface area contributed by atoms with Crippen LogP contribution in [0.5, 0.6) is 0 Å². The number of methoxy groups -OCH3 is 1. The van der Waals surface area contributed by atoms with Gasteiger partial charge in [0.25, 0.3) is 0 Å². The molecule has 1 aliphatic rings. The Labute approximate surface area is 183 Å². The fourth-order valence-electron chi connectivity index (χ4n) is 4.09. The van der Waals surface area contributed by atoms with E-state index in [0.717, 1.165) is 12.8 Å². The second-order valence-electron chi connectivity index (χ2n) is 9.31. The molecule has 0 aromatic heterocycles. The fraction of sp³-hybridized carbons (Fsp3) is 0.400. The van der Waals surface area contributed by atoms with E-state index in [1.54, 1.807) is 24.3 Å². The first-order valence-electron chi connectivity index (χ1n) is 10.5. The summed E-state index contributed by atoms with van der Waals surface area (Å²) in [5, 5.41) is 5.27. The Kier molecular flexibility index (Phi) is 6.20. The van der Waals surface area contributed by atoms with Gasteiger partial charge in [0.2, 0.25) is 0 Å². The highest BCUT2D eigenvalue weighted by Gasteiger charge is 2.37. The number of fused-ring (bicyclic) bond motifs is 1. The summed E-state index contributed by atoms with van der Waals surface area (Å²) in [6.45, 7) is 8.93. The maximum atomic E-state index is 12.5. The summed E-state index contributed by atoms with van der Waals surface area (Å²) in [5.74, 6) is -2.01. The third-order valence-corrected chi connectivity index (χ3v) is 6.18. The Hall–Kier alpha value is -3.15. The molecule has 2 aromatic rings. The van der Waals surface area contributed by atoms with Crippen LogP contribution < -0.4 is 10.6 Å². The zero-order chi connectivity index (χ0) is 22.8. The van der Waals surface area contributed by atoms with Crippen molar-refractivity contribution >= 4 is 23.5 Å². The lowest BCUT2D eigenvalue weighted by Crippen LogP contribution is -2.36. The second-order valence-corrected chi connectivity index (χ2v) is 9.31. The van der Waals surface area contributed by atoms with Crippen LogP contribution in [0.3, 0.4) is 0 Å². The molecular weight excluding hydrogens is 392 g/mol. The van der Waals surface area contributed by atoms with Gasteiger partial charge in [0.1, 0.15) is 0 Å². The summed E-state index contributed by atoms with van der Waals surface area (Å²) in [7, 11) is 1.30. The number of benzene rings is 2. The van der Waals surface area contributed by atoms with Crippen molar-refractivity contribution in [2.45, 2.75) is 57.9 Å². The molecule has 1 aliphatic carbocycles. The molecule has 0 radical (unpaired) electrons. The average Bonchev–Trinajstić information content (AvgIpc) is 2.75. The van der Waals surface area contributed by atoms with Crippen LogP contribution in [0.1, 0.15) is 67.6 Å². The van der Waals surface area contributed by atoms with E-state index in [4.69, 9.17) is 4.74 Å². The molecule has 0 bridgehead atoms. The number of carbonyl (C=O) groups is 3. The smallest absolute Gasteiger partial charge is 0.338 e. The Balaban J connectivity index is 1.70. The van der Waals surface area contributed by atoms with E-state index >= 15 is 0 Å². The maximum Gasteiger partial charge on any atom is 0.338 e. The summed E-state index contributed by atoms with van der Waals surface area (Å²) in [6.07, 6.45) is 2.17. The Morgan fingerprint density at radius 1 is 0.903 bits per heavy atom. The number of hydrogen-bond donors (Lipinski definition) is 2. The lowest BCUT2D eigenvalue weighted by Gasteiger charge is -2.42. The van der Waals surface area contributed by atoms with Crippen molar-refractivity contribution in [3.8, 4) is 0 Å². The molecule has 0 saturated carbocycles. The van der Waals surface area contributed by atoms with Gasteiger partial charge in [0.15, 0.2) is 0 Å². The Morgan fingerprint density at radius 3 is 2.23 bits per heavy atom. The third-order valence-electron chi connectivity index (χ3n) is 6.18. The summed E-state index contributed by atoms with van der Waals surface area (Å²) in [6, 6.07) is 12.7. The van der Waals surface area contributed by atoms with Crippen LogP contribution in [0.2, 0.25) is 0 Å². The van der Waals surface area contributed by atoms with Crippen LogP contribution in [0.15, 0.2) is 42.5 Å². The van der Waals surface area contributed by atoms with Crippen molar-refractivity contribution in [1.82, 2.24) is 5.32 Å². The molecule has 2 N–H and O–H groups in total. The molecule has 0 aliphatic heterocycles. The van der Waals surface area contributed by atoms with Gasteiger partial charge in [0, 0.05) is 12.2 Å². The highest BCUT2D eigenvalue weighted by Crippen LogP contribution is 2.46. The van der Waals surface area contributed by atoms with Crippen molar-refractivity contribution in [3.05, 3.63) is 64.7 Å². The SMILES string of the molecule is COC(=O)c1ccccc1CNC(=O)C(=O)Nc1ccc2c(c1)C(C)(C)CCC2(C)C. The molecule has 0 atom stereocenters. The first-order valence-corrected chi connectivity index (χ1v) is 10.5. The lowest BCUT2D eigenvalue weighted by molar-refractivity contribution is -0.136. The zero-order valence-corrected chi connectivity index (χ0v) is 18.8. The highest BCUT2D eigenvalue weighted by atomic mass is 16.5. The number of esters is 1. The number of rotatable bonds is 4. The first kappa shape index (κ1) is 22.5. The van der Waals surface area contributed by atoms with Gasteiger partial charge in [0.05, 0.1) is 12.7 Å².